The van der Waals surface area contributed by atoms with Gasteiger partial charge in [-0.1, -0.05) is 29.8 Å². The van der Waals surface area contributed by atoms with Gasteiger partial charge in [0.15, 0.2) is 17.6 Å². The van der Waals surface area contributed by atoms with Crippen molar-refractivity contribution in [2.24, 2.45) is 0 Å². The van der Waals surface area contributed by atoms with Gasteiger partial charge in [-0.2, -0.15) is 0 Å². The molecule has 1 atom stereocenters. The number of fused-ring (bicyclic) bond motifs is 1. The topological polar surface area (TPSA) is 56.8 Å². The predicted octanol–water partition coefficient (Wildman–Crippen LogP) is 3.52. The summed E-state index contributed by atoms with van der Waals surface area (Å²) in [5.41, 5.74) is 0.462. The smallest absolute Gasteiger partial charge is 0.265 e. The Labute approximate surface area is 139 Å². The fourth-order valence-corrected chi connectivity index (χ4v) is 2.35. The number of benzene rings is 2. The SMILES string of the molecule is CC(Oc1ccccc1)C(=O)Nc1cc2c(cc1Cl)OCCO2. The summed E-state index contributed by atoms with van der Waals surface area (Å²) < 4.78 is 16.5. The van der Waals surface area contributed by atoms with Gasteiger partial charge in [-0.3, -0.25) is 4.79 Å². The van der Waals surface area contributed by atoms with Crippen LogP contribution in [0, 0.1) is 0 Å². The van der Waals surface area contributed by atoms with Crippen LogP contribution in [0.2, 0.25) is 5.02 Å². The van der Waals surface area contributed by atoms with Gasteiger partial charge in [0.1, 0.15) is 19.0 Å². The number of ether oxygens (including phenoxy) is 3. The van der Waals surface area contributed by atoms with Crippen LogP contribution in [0.5, 0.6) is 17.2 Å². The van der Waals surface area contributed by atoms with E-state index in [1.165, 1.54) is 0 Å². The normalized spacial score (nSPS) is 14.0. The molecule has 0 radical (unpaired) electrons. The molecule has 0 saturated heterocycles. The third kappa shape index (κ3) is 3.68. The monoisotopic (exact) mass is 333 g/mol. The second-order valence-electron chi connectivity index (χ2n) is 5.04. The highest BCUT2D eigenvalue weighted by Gasteiger charge is 2.19. The number of carbonyl (C=O) groups excluding carboxylic acids is 1. The number of hydrogen-bond donors (Lipinski definition) is 1. The van der Waals surface area contributed by atoms with Gasteiger partial charge in [0.25, 0.3) is 5.91 Å². The first-order chi connectivity index (χ1) is 11.1. The number of anilines is 1. The molecule has 3 rings (SSSR count). The van der Waals surface area contributed by atoms with Gasteiger partial charge < -0.3 is 19.5 Å². The standard InChI is InChI=1S/C17H16ClNO4/c1-11(23-12-5-3-2-4-6-12)17(20)19-14-10-16-15(9-13(14)18)21-7-8-22-16/h2-6,9-11H,7-8H2,1H3,(H,19,20). The van der Waals surface area contributed by atoms with Crippen molar-refractivity contribution in [1.29, 1.82) is 0 Å². The van der Waals surface area contributed by atoms with Crippen LogP contribution in [0.25, 0.3) is 0 Å². The summed E-state index contributed by atoms with van der Waals surface area (Å²) in [6.07, 6.45) is -0.665. The highest BCUT2D eigenvalue weighted by molar-refractivity contribution is 6.34. The van der Waals surface area contributed by atoms with E-state index in [0.29, 0.717) is 41.2 Å². The molecule has 1 aliphatic rings. The van der Waals surface area contributed by atoms with E-state index >= 15 is 0 Å². The minimum Gasteiger partial charge on any atom is -0.486 e. The molecule has 23 heavy (non-hydrogen) atoms. The van der Waals surface area contributed by atoms with Crippen LogP contribution >= 0.6 is 11.6 Å². The summed E-state index contributed by atoms with van der Waals surface area (Å²) >= 11 is 6.18. The lowest BCUT2D eigenvalue weighted by atomic mass is 10.2. The molecule has 0 saturated carbocycles. The Bertz CT molecular complexity index is 705. The average Bonchev–Trinajstić information content (AvgIpc) is 2.56. The minimum absolute atomic E-state index is 0.299. The van der Waals surface area contributed by atoms with Gasteiger partial charge in [-0.25, -0.2) is 0 Å². The molecular formula is C17H16ClNO4. The van der Waals surface area contributed by atoms with Crippen molar-refractivity contribution in [2.75, 3.05) is 18.5 Å². The maximum atomic E-state index is 12.3. The molecule has 120 valence electrons. The molecule has 5 nitrogen and oxygen atoms in total. The highest BCUT2D eigenvalue weighted by Crippen LogP contribution is 2.38. The van der Waals surface area contributed by atoms with Crippen LogP contribution in [0.15, 0.2) is 42.5 Å². The number of amides is 1. The molecule has 0 aliphatic carbocycles. The van der Waals surface area contributed by atoms with E-state index in [2.05, 4.69) is 5.32 Å². The zero-order valence-electron chi connectivity index (χ0n) is 12.5. The first kappa shape index (κ1) is 15.5. The van der Waals surface area contributed by atoms with Crippen molar-refractivity contribution in [3.05, 3.63) is 47.5 Å². The number of rotatable bonds is 4. The molecule has 0 fully saturated rings. The second-order valence-corrected chi connectivity index (χ2v) is 5.45. The van der Waals surface area contributed by atoms with E-state index in [1.807, 2.05) is 18.2 Å². The van der Waals surface area contributed by atoms with Crippen molar-refractivity contribution < 1.29 is 19.0 Å². The van der Waals surface area contributed by atoms with E-state index < -0.39 is 6.10 Å². The molecule has 1 aliphatic heterocycles. The molecule has 0 aromatic heterocycles. The fraction of sp³-hybridized carbons (Fsp3) is 0.235. The van der Waals surface area contributed by atoms with E-state index in [0.717, 1.165) is 0 Å². The zero-order valence-corrected chi connectivity index (χ0v) is 13.3. The van der Waals surface area contributed by atoms with Gasteiger partial charge in [-0.15, -0.1) is 0 Å². The summed E-state index contributed by atoms with van der Waals surface area (Å²) in [6.45, 7) is 2.63. The van der Waals surface area contributed by atoms with E-state index in [9.17, 15) is 4.79 Å². The number of hydrogen-bond acceptors (Lipinski definition) is 4. The lowest BCUT2D eigenvalue weighted by molar-refractivity contribution is -0.122. The Morgan fingerprint density at radius 3 is 2.52 bits per heavy atom. The molecule has 0 spiro atoms. The molecule has 0 bridgehead atoms. The highest BCUT2D eigenvalue weighted by atomic mass is 35.5. The Kier molecular flexibility index (Phi) is 4.57. The number of para-hydroxylation sites is 1. The van der Waals surface area contributed by atoms with Crippen molar-refractivity contribution in [2.45, 2.75) is 13.0 Å². The van der Waals surface area contributed by atoms with Crippen LogP contribution in [0.3, 0.4) is 0 Å². The van der Waals surface area contributed by atoms with Gasteiger partial charge in [0, 0.05) is 12.1 Å². The van der Waals surface area contributed by atoms with Crippen molar-refractivity contribution in [1.82, 2.24) is 0 Å². The third-order valence-corrected chi connectivity index (χ3v) is 3.63. The van der Waals surface area contributed by atoms with Crippen molar-refractivity contribution in [3.8, 4) is 17.2 Å². The number of nitrogens with one attached hydrogen (secondary N) is 1. The predicted molar refractivity (Wildman–Crippen MR) is 87.6 cm³/mol. The molecular weight excluding hydrogens is 318 g/mol. The quantitative estimate of drug-likeness (QED) is 0.930. The van der Waals surface area contributed by atoms with Crippen molar-refractivity contribution >= 4 is 23.2 Å². The summed E-state index contributed by atoms with van der Waals surface area (Å²) in [5, 5.41) is 3.13. The first-order valence-corrected chi connectivity index (χ1v) is 7.63. The van der Waals surface area contributed by atoms with Gasteiger partial charge >= 0.3 is 0 Å². The van der Waals surface area contributed by atoms with Crippen LogP contribution in [0.1, 0.15) is 6.92 Å². The molecule has 1 N–H and O–H groups in total. The Morgan fingerprint density at radius 1 is 1.17 bits per heavy atom. The van der Waals surface area contributed by atoms with Crippen LogP contribution in [-0.4, -0.2) is 25.2 Å². The van der Waals surface area contributed by atoms with Crippen LogP contribution < -0.4 is 19.5 Å². The average molecular weight is 334 g/mol. The summed E-state index contributed by atoms with van der Waals surface area (Å²) in [6, 6.07) is 12.4. The second kappa shape index (κ2) is 6.79. The van der Waals surface area contributed by atoms with Crippen LogP contribution in [-0.2, 0) is 4.79 Å². The molecule has 6 heteroatoms. The Morgan fingerprint density at radius 2 is 1.83 bits per heavy atom. The molecule has 2 aromatic carbocycles. The summed E-state index contributed by atoms with van der Waals surface area (Å²) in [7, 11) is 0. The Hall–Kier alpha value is -2.40. The Balaban J connectivity index is 1.70. The number of carbonyl (C=O) groups is 1. The van der Waals surface area contributed by atoms with Gasteiger partial charge in [0.2, 0.25) is 0 Å². The molecule has 1 heterocycles. The van der Waals surface area contributed by atoms with Gasteiger partial charge in [-0.05, 0) is 19.1 Å². The molecule has 1 unspecified atom stereocenters. The zero-order chi connectivity index (χ0) is 16.2. The summed E-state index contributed by atoms with van der Waals surface area (Å²) in [4.78, 5) is 12.3. The largest absolute Gasteiger partial charge is 0.486 e. The summed E-state index contributed by atoms with van der Waals surface area (Å²) in [5.74, 6) is 1.47. The lowest BCUT2D eigenvalue weighted by Crippen LogP contribution is -2.30. The van der Waals surface area contributed by atoms with E-state index in [-0.39, 0.29) is 5.91 Å². The molecule has 2 aromatic rings. The van der Waals surface area contributed by atoms with Crippen molar-refractivity contribution in [3.63, 3.8) is 0 Å². The van der Waals surface area contributed by atoms with E-state index in [1.54, 1.807) is 31.2 Å². The molecule has 1 amide bonds. The minimum atomic E-state index is -0.665. The first-order valence-electron chi connectivity index (χ1n) is 7.25. The maximum Gasteiger partial charge on any atom is 0.265 e. The maximum absolute atomic E-state index is 12.3. The number of halogens is 1. The third-order valence-electron chi connectivity index (χ3n) is 3.32. The lowest BCUT2D eigenvalue weighted by Gasteiger charge is -2.20. The fourth-order valence-electron chi connectivity index (χ4n) is 2.15. The van der Waals surface area contributed by atoms with Crippen LogP contribution in [0.4, 0.5) is 5.69 Å². The van der Waals surface area contributed by atoms with Gasteiger partial charge in [0.05, 0.1) is 10.7 Å². The van der Waals surface area contributed by atoms with E-state index in [4.69, 9.17) is 25.8 Å².